The van der Waals surface area contributed by atoms with Gasteiger partial charge < -0.3 is 16.6 Å². The van der Waals surface area contributed by atoms with E-state index in [4.69, 9.17) is 17.2 Å². The topological polar surface area (TPSA) is 98.3 Å². The number of hydrogen-bond donors (Lipinski definition) is 4. The van der Waals surface area contributed by atoms with E-state index in [0.29, 0.717) is 11.3 Å². The Morgan fingerprint density at radius 2 is 1.81 bits per heavy atom. The molecular formula is C12H15N3O. The molecule has 0 bridgehead atoms. The first-order valence-electron chi connectivity index (χ1n) is 5.04. The fraction of sp³-hybridized carbons (Fsp3) is 0.167. The molecule has 0 fully saturated rings. The van der Waals surface area contributed by atoms with E-state index in [1.807, 2.05) is 30.3 Å². The van der Waals surface area contributed by atoms with Crippen molar-refractivity contribution in [3.8, 4) is 0 Å². The average Bonchev–Trinajstić information content (AvgIpc) is 2.25. The van der Waals surface area contributed by atoms with Gasteiger partial charge in [0.15, 0.2) is 5.72 Å². The smallest absolute Gasteiger partial charge is 0.161 e. The molecule has 2 rings (SSSR count). The van der Waals surface area contributed by atoms with Gasteiger partial charge in [0.2, 0.25) is 0 Å². The Kier molecular flexibility index (Phi) is 2.55. The van der Waals surface area contributed by atoms with Crippen molar-refractivity contribution < 1.29 is 5.11 Å². The highest BCUT2D eigenvalue weighted by molar-refractivity contribution is 5.78. The van der Waals surface area contributed by atoms with E-state index >= 15 is 0 Å². The second-order valence-electron chi connectivity index (χ2n) is 3.91. The van der Waals surface area contributed by atoms with E-state index in [9.17, 15) is 5.11 Å². The molecule has 84 valence electrons. The molecule has 4 nitrogen and oxygen atoms in total. The molecule has 0 saturated carbocycles. The number of allylic oxidation sites excluding steroid dienone is 1. The van der Waals surface area contributed by atoms with Gasteiger partial charge >= 0.3 is 0 Å². The first-order valence-corrected chi connectivity index (χ1v) is 5.04. The van der Waals surface area contributed by atoms with Crippen LogP contribution in [0.1, 0.15) is 5.56 Å². The molecule has 16 heavy (non-hydrogen) atoms. The van der Waals surface area contributed by atoms with Crippen LogP contribution in [-0.4, -0.2) is 16.9 Å². The lowest BCUT2D eigenvalue weighted by molar-refractivity contribution is 0.0934. The highest BCUT2D eigenvalue weighted by atomic mass is 16.3. The summed E-state index contributed by atoms with van der Waals surface area (Å²) >= 11 is 0. The lowest BCUT2D eigenvalue weighted by atomic mass is 9.85. The summed E-state index contributed by atoms with van der Waals surface area (Å²) in [6, 6.07) is 8.62. The first kappa shape index (κ1) is 10.9. The summed E-state index contributed by atoms with van der Waals surface area (Å²) in [5.74, 6) is 0. The molecule has 1 aliphatic carbocycles. The van der Waals surface area contributed by atoms with Gasteiger partial charge in [0, 0.05) is 11.3 Å². The van der Waals surface area contributed by atoms with Crippen molar-refractivity contribution in [2.24, 2.45) is 17.2 Å². The van der Waals surface area contributed by atoms with Crippen LogP contribution in [0.4, 0.5) is 0 Å². The van der Waals surface area contributed by atoms with Crippen molar-refractivity contribution >= 4 is 5.57 Å². The maximum absolute atomic E-state index is 10.2. The Morgan fingerprint density at radius 1 is 1.19 bits per heavy atom. The molecule has 1 aromatic rings. The molecule has 7 N–H and O–H groups in total. The van der Waals surface area contributed by atoms with Crippen molar-refractivity contribution in [3.05, 3.63) is 53.7 Å². The fourth-order valence-electron chi connectivity index (χ4n) is 1.84. The lowest BCUT2D eigenvalue weighted by Crippen LogP contribution is -2.57. The van der Waals surface area contributed by atoms with Gasteiger partial charge in [-0.3, -0.25) is 5.73 Å². The van der Waals surface area contributed by atoms with Crippen LogP contribution in [-0.2, 0) is 0 Å². The van der Waals surface area contributed by atoms with Crippen molar-refractivity contribution in [1.29, 1.82) is 0 Å². The Hall–Kier alpha value is -1.62. The average molecular weight is 217 g/mol. The third-order valence-corrected chi connectivity index (χ3v) is 2.74. The molecule has 0 radical (unpaired) electrons. The van der Waals surface area contributed by atoms with Gasteiger partial charge in [-0.05, 0) is 11.6 Å². The molecule has 1 aliphatic rings. The van der Waals surface area contributed by atoms with Gasteiger partial charge in [0.25, 0.3) is 0 Å². The summed E-state index contributed by atoms with van der Waals surface area (Å²) in [7, 11) is 0. The molecular weight excluding hydrogens is 202 g/mol. The van der Waals surface area contributed by atoms with Gasteiger partial charge in [-0.15, -0.1) is 0 Å². The normalized spacial score (nSPS) is 29.6. The highest BCUT2D eigenvalue weighted by Gasteiger charge is 2.37. The molecule has 4 heteroatoms. The maximum atomic E-state index is 10.2. The summed E-state index contributed by atoms with van der Waals surface area (Å²) in [5.41, 5.74) is 17.5. The van der Waals surface area contributed by atoms with Crippen LogP contribution in [0.2, 0.25) is 0 Å². The Balaban J connectivity index is 2.57. The maximum Gasteiger partial charge on any atom is 0.161 e. The zero-order valence-corrected chi connectivity index (χ0v) is 8.80. The number of nitrogens with two attached hydrogens (primary N) is 3. The molecule has 0 aromatic heterocycles. The standard InChI is InChI=1S/C12H15N3O/c13-9-6-7-10(14)12(15,16)11(9)8-4-2-1-3-5-8/h1-7,10,16H,13-15H2/t10-,12-/m0/s1. The molecule has 0 amide bonds. The number of aliphatic hydroxyl groups is 1. The second-order valence-corrected chi connectivity index (χ2v) is 3.91. The minimum absolute atomic E-state index is 0.443. The van der Waals surface area contributed by atoms with Crippen LogP contribution in [0.15, 0.2) is 48.2 Å². The Labute approximate surface area is 94.0 Å². The van der Waals surface area contributed by atoms with Crippen molar-refractivity contribution in [2.75, 3.05) is 0 Å². The molecule has 1 aromatic carbocycles. The number of hydrogen-bond acceptors (Lipinski definition) is 4. The molecule has 0 saturated heterocycles. The quantitative estimate of drug-likeness (QED) is 0.494. The minimum Gasteiger partial charge on any atom is -0.398 e. The van der Waals surface area contributed by atoms with Gasteiger partial charge in [0.1, 0.15) is 0 Å². The van der Waals surface area contributed by atoms with Gasteiger partial charge in [0.05, 0.1) is 6.04 Å². The van der Waals surface area contributed by atoms with E-state index < -0.39 is 11.8 Å². The third-order valence-electron chi connectivity index (χ3n) is 2.74. The summed E-state index contributed by atoms with van der Waals surface area (Å²) in [6.07, 6.45) is 3.27. The summed E-state index contributed by atoms with van der Waals surface area (Å²) < 4.78 is 0. The molecule has 0 spiro atoms. The predicted octanol–water partition coefficient (Wildman–Crippen LogP) is -0.0992. The number of rotatable bonds is 1. The molecule has 0 unspecified atom stereocenters. The third kappa shape index (κ3) is 1.63. The van der Waals surface area contributed by atoms with E-state index in [1.54, 1.807) is 12.2 Å². The predicted molar refractivity (Wildman–Crippen MR) is 63.8 cm³/mol. The lowest BCUT2D eigenvalue weighted by Gasteiger charge is -2.34. The minimum atomic E-state index is -1.62. The zero-order chi connectivity index (χ0) is 11.8. The number of benzene rings is 1. The fourth-order valence-corrected chi connectivity index (χ4v) is 1.84. The van der Waals surface area contributed by atoms with Gasteiger partial charge in [-0.1, -0.05) is 36.4 Å². The molecule has 0 heterocycles. The Bertz CT molecular complexity index is 449. The van der Waals surface area contributed by atoms with E-state index in [0.717, 1.165) is 5.56 Å². The Morgan fingerprint density at radius 3 is 2.44 bits per heavy atom. The van der Waals surface area contributed by atoms with E-state index in [2.05, 4.69) is 0 Å². The zero-order valence-electron chi connectivity index (χ0n) is 8.80. The SMILES string of the molecule is NC1=C(c2ccccc2)[C@@](N)(O)[C@@H](N)C=C1. The van der Waals surface area contributed by atoms with Crippen molar-refractivity contribution in [2.45, 2.75) is 11.8 Å². The van der Waals surface area contributed by atoms with Crippen molar-refractivity contribution in [1.82, 2.24) is 0 Å². The van der Waals surface area contributed by atoms with Crippen LogP contribution >= 0.6 is 0 Å². The highest BCUT2D eigenvalue weighted by Crippen LogP contribution is 2.31. The van der Waals surface area contributed by atoms with Gasteiger partial charge in [-0.25, -0.2) is 0 Å². The van der Waals surface area contributed by atoms with Crippen LogP contribution in [0.3, 0.4) is 0 Å². The van der Waals surface area contributed by atoms with E-state index in [1.165, 1.54) is 0 Å². The van der Waals surface area contributed by atoms with Gasteiger partial charge in [-0.2, -0.15) is 0 Å². The monoisotopic (exact) mass is 217 g/mol. The molecule has 0 aliphatic heterocycles. The van der Waals surface area contributed by atoms with Crippen molar-refractivity contribution in [3.63, 3.8) is 0 Å². The van der Waals surface area contributed by atoms with Crippen LogP contribution < -0.4 is 17.2 Å². The van der Waals surface area contributed by atoms with Crippen LogP contribution in [0.5, 0.6) is 0 Å². The van der Waals surface area contributed by atoms with Crippen LogP contribution in [0, 0.1) is 0 Å². The summed E-state index contributed by atoms with van der Waals surface area (Å²) in [6.45, 7) is 0. The largest absolute Gasteiger partial charge is 0.398 e. The second kappa shape index (κ2) is 3.75. The summed E-state index contributed by atoms with van der Waals surface area (Å²) in [4.78, 5) is 0. The summed E-state index contributed by atoms with van der Waals surface area (Å²) in [5, 5.41) is 10.2. The molecule has 2 atom stereocenters. The first-order chi connectivity index (χ1) is 7.53. The van der Waals surface area contributed by atoms with E-state index in [-0.39, 0.29) is 0 Å². The van der Waals surface area contributed by atoms with Crippen LogP contribution in [0.25, 0.3) is 5.57 Å².